The Bertz CT molecular complexity index is 537. The molecule has 6 heteroatoms. The average Bonchev–Trinajstić information content (AvgIpc) is 2.83. The number of aromatic nitrogens is 4. The molecule has 0 aromatic carbocycles. The molecule has 0 radical (unpaired) electrons. The Morgan fingerprint density at radius 3 is 3.13 bits per heavy atom. The van der Waals surface area contributed by atoms with Crippen LogP contribution in [0.15, 0.2) is 16.9 Å². The Kier molecular flexibility index (Phi) is 1.81. The van der Waals surface area contributed by atoms with E-state index in [2.05, 4.69) is 20.6 Å². The summed E-state index contributed by atoms with van der Waals surface area (Å²) in [4.78, 5) is 11.2. The number of aromatic amines is 1. The molecule has 0 saturated carbocycles. The number of rotatable bonds is 1. The van der Waals surface area contributed by atoms with Crippen molar-refractivity contribution in [3.05, 3.63) is 28.3 Å². The van der Waals surface area contributed by atoms with Crippen LogP contribution in [0, 0.1) is 0 Å². The maximum absolute atomic E-state index is 11.2. The molecule has 15 heavy (non-hydrogen) atoms. The standard InChI is InChI=1S/C9H11N5O/c15-8-4-3-7-11-12-9(14(7)13-8)6-2-1-5-10-6/h3-4,6,10H,1-2,5H2,(H,13,15). The van der Waals surface area contributed by atoms with Crippen molar-refractivity contribution >= 4 is 5.65 Å². The molecule has 1 aliphatic rings. The van der Waals surface area contributed by atoms with Gasteiger partial charge in [-0.05, 0) is 25.5 Å². The van der Waals surface area contributed by atoms with Gasteiger partial charge in [0.25, 0.3) is 5.56 Å². The van der Waals surface area contributed by atoms with E-state index in [4.69, 9.17) is 0 Å². The molecule has 1 atom stereocenters. The van der Waals surface area contributed by atoms with Gasteiger partial charge in [-0.3, -0.25) is 9.89 Å². The minimum absolute atomic E-state index is 0.137. The molecular formula is C9H11N5O. The van der Waals surface area contributed by atoms with Gasteiger partial charge in [-0.15, -0.1) is 10.2 Å². The molecule has 78 valence electrons. The van der Waals surface area contributed by atoms with Crippen LogP contribution in [-0.2, 0) is 0 Å². The maximum atomic E-state index is 11.2. The molecule has 1 fully saturated rings. The minimum Gasteiger partial charge on any atom is -0.307 e. The molecular weight excluding hydrogens is 194 g/mol. The highest BCUT2D eigenvalue weighted by Crippen LogP contribution is 2.20. The van der Waals surface area contributed by atoms with Crippen molar-refractivity contribution in [3.8, 4) is 0 Å². The van der Waals surface area contributed by atoms with Gasteiger partial charge in [-0.2, -0.15) is 0 Å². The molecule has 3 heterocycles. The number of H-pyrrole nitrogens is 1. The van der Waals surface area contributed by atoms with E-state index in [0.29, 0.717) is 5.65 Å². The van der Waals surface area contributed by atoms with Crippen molar-refractivity contribution in [2.45, 2.75) is 18.9 Å². The molecule has 3 rings (SSSR count). The normalized spacial score (nSPS) is 21.2. The third-order valence-electron chi connectivity index (χ3n) is 2.69. The fourth-order valence-electron chi connectivity index (χ4n) is 1.96. The van der Waals surface area contributed by atoms with Crippen LogP contribution in [0.5, 0.6) is 0 Å². The summed E-state index contributed by atoms with van der Waals surface area (Å²) >= 11 is 0. The fourth-order valence-corrected chi connectivity index (χ4v) is 1.96. The monoisotopic (exact) mass is 205 g/mol. The lowest BCUT2D eigenvalue weighted by molar-refractivity contribution is 0.582. The third-order valence-corrected chi connectivity index (χ3v) is 2.69. The number of hydrogen-bond donors (Lipinski definition) is 2. The van der Waals surface area contributed by atoms with Crippen LogP contribution in [0.4, 0.5) is 0 Å². The number of fused-ring (bicyclic) bond motifs is 1. The highest BCUT2D eigenvalue weighted by Gasteiger charge is 2.21. The van der Waals surface area contributed by atoms with Gasteiger partial charge < -0.3 is 5.32 Å². The summed E-state index contributed by atoms with van der Waals surface area (Å²) in [5.41, 5.74) is 0.542. The molecule has 2 aromatic heterocycles. The van der Waals surface area contributed by atoms with E-state index in [1.54, 1.807) is 10.6 Å². The van der Waals surface area contributed by atoms with Crippen molar-refractivity contribution in [1.29, 1.82) is 0 Å². The first-order chi connectivity index (χ1) is 7.34. The third kappa shape index (κ3) is 1.33. The number of hydrogen-bond acceptors (Lipinski definition) is 4. The molecule has 2 aromatic rings. The zero-order valence-electron chi connectivity index (χ0n) is 8.10. The minimum atomic E-state index is -0.137. The first-order valence-corrected chi connectivity index (χ1v) is 5.02. The lowest BCUT2D eigenvalue weighted by atomic mass is 10.2. The van der Waals surface area contributed by atoms with Crippen molar-refractivity contribution in [2.75, 3.05) is 6.54 Å². The van der Waals surface area contributed by atoms with Crippen molar-refractivity contribution in [3.63, 3.8) is 0 Å². The maximum Gasteiger partial charge on any atom is 0.263 e. The van der Waals surface area contributed by atoms with Crippen LogP contribution in [0.1, 0.15) is 24.7 Å². The second-order valence-corrected chi connectivity index (χ2v) is 3.71. The molecule has 0 aliphatic carbocycles. The summed E-state index contributed by atoms with van der Waals surface area (Å²) in [7, 11) is 0. The van der Waals surface area contributed by atoms with Crippen LogP contribution >= 0.6 is 0 Å². The van der Waals surface area contributed by atoms with E-state index in [1.807, 2.05) is 0 Å². The molecule has 2 N–H and O–H groups in total. The fraction of sp³-hybridized carbons (Fsp3) is 0.444. The first kappa shape index (κ1) is 8.60. The van der Waals surface area contributed by atoms with Crippen molar-refractivity contribution in [1.82, 2.24) is 25.1 Å². The molecule has 0 amide bonds. The van der Waals surface area contributed by atoms with Gasteiger partial charge in [-0.25, -0.2) is 4.52 Å². The van der Waals surface area contributed by atoms with Gasteiger partial charge in [0.1, 0.15) is 0 Å². The summed E-state index contributed by atoms with van der Waals surface area (Å²) in [6.45, 7) is 0.997. The van der Waals surface area contributed by atoms with Crippen LogP contribution < -0.4 is 10.9 Å². The number of nitrogens with zero attached hydrogens (tertiary/aromatic N) is 3. The molecule has 0 bridgehead atoms. The molecule has 1 saturated heterocycles. The molecule has 1 unspecified atom stereocenters. The predicted octanol–water partition coefficient (Wildman–Crippen LogP) is -0.158. The van der Waals surface area contributed by atoms with Crippen LogP contribution in [0.25, 0.3) is 5.65 Å². The Morgan fingerprint density at radius 2 is 2.33 bits per heavy atom. The van der Waals surface area contributed by atoms with Gasteiger partial charge in [0.2, 0.25) is 0 Å². The second kappa shape index (κ2) is 3.16. The zero-order valence-corrected chi connectivity index (χ0v) is 8.10. The summed E-state index contributed by atoms with van der Waals surface area (Å²) < 4.78 is 1.66. The first-order valence-electron chi connectivity index (χ1n) is 5.02. The average molecular weight is 205 g/mol. The predicted molar refractivity (Wildman–Crippen MR) is 53.6 cm³/mol. The van der Waals surface area contributed by atoms with Crippen molar-refractivity contribution < 1.29 is 0 Å². The SMILES string of the molecule is O=c1ccc2nnc(C3CCCN3)n2[nH]1. The Morgan fingerprint density at radius 1 is 1.40 bits per heavy atom. The van der Waals surface area contributed by atoms with E-state index in [-0.39, 0.29) is 11.6 Å². The highest BCUT2D eigenvalue weighted by molar-refractivity contribution is 5.35. The zero-order chi connectivity index (χ0) is 10.3. The smallest absolute Gasteiger partial charge is 0.263 e. The van der Waals surface area contributed by atoms with Crippen LogP contribution in [-0.4, -0.2) is 26.4 Å². The molecule has 0 spiro atoms. The Hall–Kier alpha value is -1.69. The van der Waals surface area contributed by atoms with Gasteiger partial charge in [0, 0.05) is 6.07 Å². The van der Waals surface area contributed by atoms with E-state index < -0.39 is 0 Å². The molecule has 1 aliphatic heterocycles. The number of nitrogens with one attached hydrogen (secondary N) is 2. The summed E-state index contributed by atoms with van der Waals surface area (Å²) in [6.07, 6.45) is 2.17. The van der Waals surface area contributed by atoms with Gasteiger partial charge in [0.05, 0.1) is 6.04 Å². The summed E-state index contributed by atoms with van der Waals surface area (Å²) in [6, 6.07) is 3.33. The van der Waals surface area contributed by atoms with E-state index in [9.17, 15) is 4.79 Å². The van der Waals surface area contributed by atoms with E-state index >= 15 is 0 Å². The van der Waals surface area contributed by atoms with Crippen molar-refractivity contribution in [2.24, 2.45) is 0 Å². The Balaban J connectivity index is 2.17. The van der Waals surface area contributed by atoms with E-state index in [1.165, 1.54) is 6.07 Å². The second-order valence-electron chi connectivity index (χ2n) is 3.71. The topological polar surface area (TPSA) is 75.1 Å². The lowest BCUT2D eigenvalue weighted by Crippen LogP contribution is -2.19. The summed E-state index contributed by atoms with van der Waals surface area (Å²) in [5, 5.41) is 14.1. The lowest BCUT2D eigenvalue weighted by Gasteiger charge is -2.06. The summed E-state index contributed by atoms with van der Waals surface area (Å²) in [5.74, 6) is 0.792. The van der Waals surface area contributed by atoms with E-state index in [0.717, 1.165) is 25.2 Å². The van der Waals surface area contributed by atoms with Gasteiger partial charge in [-0.1, -0.05) is 0 Å². The highest BCUT2D eigenvalue weighted by atomic mass is 16.1. The van der Waals surface area contributed by atoms with Gasteiger partial charge in [0.15, 0.2) is 11.5 Å². The van der Waals surface area contributed by atoms with Crippen LogP contribution in [0.2, 0.25) is 0 Å². The Labute approximate surface area is 85.3 Å². The quantitative estimate of drug-likeness (QED) is 0.678. The van der Waals surface area contributed by atoms with Gasteiger partial charge >= 0.3 is 0 Å². The largest absolute Gasteiger partial charge is 0.307 e. The molecule has 6 nitrogen and oxygen atoms in total. The van der Waals surface area contributed by atoms with Crippen LogP contribution in [0.3, 0.4) is 0 Å².